The second-order valence-corrected chi connectivity index (χ2v) is 6.14. The van der Waals surface area contributed by atoms with Crippen LogP contribution in [-0.4, -0.2) is 75.1 Å². The van der Waals surface area contributed by atoms with Gasteiger partial charge in [-0.25, -0.2) is 9.59 Å². The Balaban J connectivity index is 4.77. The summed E-state index contributed by atoms with van der Waals surface area (Å²) in [5.74, 6) is -2.84. The zero-order valence-corrected chi connectivity index (χ0v) is 17.1. The average molecular weight is 415 g/mol. The van der Waals surface area contributed by atoms with Crippen molar-refractivity contribution in [2.75, 3.05) is 40.6 Å². The number of carbonyl (C=O) groups excluding carboxylic acids is 4. The van der Waals surface area contributed by atoms with Crippen LogP contribution in [0.25, 0.3) is 0 Å². The number of esters is 4. The van der Waals surface area contributed by atoms with Crippen LogP contribution >= 0.6 is 0 Å². The van der Waals surface area contributed by atoms with Crippen molar-refractivity contribution in [1.82, 2.24) is 5.32 Å². The number of hydrogen-bond acceptors (Lipinski definition) is 10. The van der Waals surface area contributed by atoms with Gasteiger partial charge in [0.15, 0.2) is 0 Å². The van der Waals surface area contributed by atoms with Crippen LogP contribution in [0.15, 0.2) is 24.3 Å². The minimum Gasteiger partial charge on any atom is -0.469 e. The van der Waals surface area contributed by atoms with Crippen LogP contribution in [0.5, 0.6) is 0 Å². The molecule has 0 aromatic rings. The molecule has 0 bridgehead atoms. The van der Waals surface area contributed by atoms with E-state index in [0.717, 1.165) is 0 Å². The summed E-state index contributed by atoms with van der Waals surface area (Å²) >= 11 is 0. The van der Waals surface area contributed by atoms with Gasteiger partial charge in [0.1, 0.15) is 6.61 Å². The van der Waals surface area contributed by atoms with Gasteiger partial charge in [-0.1, -0.05) is 20.1 Å². The van der Waals surface area contributed by atoms with Crippen molar-refractivity contribution in [1.29, 1.82) is 0 Å². The van der Waals surface area contributed by atoms with Gasteiger partial charge in [-0.3, -0.25) is 9.59 Å². The summed E-state index contributed by atoms with van der Waals surface area (Å²) in [6.45, 7) is 8.36. The number of carbonyl (C=O) groups is 4. The minimum absolute atomic E-state index is 0.0690. The Morgan fingerprint density at radius 1 is 0.931 bits per heavy atom. The molecule has 164 valence electrons. The first-order chi connectivity index (χ1) is 13.6. The second kappa shape index (κ2) is 13.5. The largest absolute Gasteiger partial charge is 0.469 e. The Morgan fingerprint density at radius 2 is 1.41 bits per heavy atom. The molecule has 1 atom stereocenters. The van der Waals surface area contributed by atoms with Gasteiger partial charge in [0.2, 0.25) is 0 Å². The Kier molecular flexibility index (Phi) is 12.2. The van der Waals surface area contributed by atoms with Crippen LogP contribution < -0.4 is 5.32 Å². The zero-order valence-electron chi connectivity index (χ0n) is 17.1. The van der Waals surface area contributed by atoms with Gasteiger partial charge in [0.25, 0.3) is 0 Å². The number of nitrogens with one attached hydrogen (secondary N) is 1. The lowest BCUT2D eigenvalue weighted by molar-refractivity contribution is -0.147. The molecule has 10 nitrogen and oxygen atoms in total. The van der Waals surface area contributed by atoms with Crippen LogP contribution in [-0.2, 0) is 38.1 Å². The van der Waals surface area contributed by atoms with Crippen molar-refractivity contribution < 1.29 is 43.2 Å². The molecule has 0 rings (SSSR count). The molecule has 0 aromatic carbocycles. The van der Waals surface area contributed by atoms with Crippen molar-refractivity contribution in [3.8, 4) is 0 Å². The predicted octanol–water partition coefficient (Wildman–Crippen LogP) is 0.0421. The van der Waals surface area contributed by atoms with E-state index in [0.29, 0.717) is 6.54 Å². The Morgan fingerprint density at radius 3 is 1.83 bits per heavy atom. The third-order valence-electron chi connectivity index (χ3n) is 3.90. The van der Waals surface area contributed by atoms with Gasteiger partial charge in [0, 0.05) is 17.6 Å². The van der Waals surface area contributed by atoms with Crippen molar-refractivity contribution >= 4 is 23.9 Å². The normalized spacial score (nSPS) is 12.3. The summed E-state index contributed by atoms with van der Waals surface area (Å²) in [5, 5.41) is 12.8. The van der Waals surface area contributed by atoms with Gasteiger partial charge in [-0.15, -0.1) is 0 Å². The number of likely N-dealkylation sites (N-methyl/N-ethyl adjacent to an activating group) is 1. The van der Waals surface area contributed by atoms with Crippen LogP contribution in [0.1, 0.15) is 26.2 Å². The van der Waals surface area contributed by atoms with Crippen molar-refractivity contribution in [3.05, 3.63) is 24.3 Å². The van der Waals surface area contributed by atoms with Gasteiger partial charge < -0.3 is 29.4 Å². The predicted molar refractivity (Wildman–Crippen MR) is 102 cm³/mol. The van der Waals surface area contributed by atoms with Crippen LogP contribution in [0, 0.1) is 0 Å². The van der Waals surface area contributed by atoms with E-state index in [-0.39, 0.29) is 43.6 Å². The Labute approximate surface area is 169 Å². The molecular weight excluding hydrogens is 386 g/mol. The van der Waals surface area contributed by atoms with Gasteiger partial charge >= 0.3 is 23.9 Å². The highest BCUT2D eigenvalue weighted by atomic mass is 16.5. The smallest absolute Gasteiger partial charge is 0.334 e. The van der Waals surface area contributed by atoms with Crippen LogP contribution in [0.4, 0.5) is 0 Å². The fourth-order valence-corrected chi connectivity index (χ4v) is 2.15. The van der Waals surface area contributed by atoms with Crippen molar-refractivity contribution in [2.45, 2.75) is 31.7 Å². The van der Waals surface area contributed by atoms with E-state index in [1.165, 1.54) is 14.2 Å². The highest BCUT2D eigenvalue weighted by Crippen LogP contribution is 2.14. The van der Waals surface area contributed by atoms with Gasteiger partial charge in [0.05, 0.1) is 45.8 Å². The number of aliphatic hydroxyl groups excluding tert-OH is 1. The third-order valence-corrected chi connectivity index (χ3v) is 3.90. The molecule has 0 fully saturated rings. The van der Waals surface area contributed by atoms with Crippen LogP contribution in [0.2, 0.25) is 0 Å². The molecule has 0 aliphatic carbocycles. The monoisotopic (exact) mass is 415 g/mol. The highest BCUT2D eigenvalue weighted by molar-refractivity contribution is 5.93. The molecule has 0 aromatic heterocycles. The number of aliphatic hydroxyl groups is 1. The van der Waals surface area contributed by atoms with E-state index in [4.69, 9.17) is 9.47 Å². The zero-order chi connectivity index (χ0) is 22.4. The maximum atomic E-state index is 12.0. The molecule has 10 heteroatoms. The minimum atomic E-state index is -1.08. The van der Waals surface area contributed by atoms with Crippen molar-refractivity contribution in [3.63, 3.8) is 0 Å². The molecule has 29 heavy (non-hydrogen) atoms. The summed E-state index contributed by atoms with van der Waals surface area (Å²) in [6, 6.07) is 0. The molecule has 1 unspecified atom stereocenters. The van der Waals surface area contributed by atoms with Crippen molar-refractivity contribution in [2.24, 2.45) is 0 Å². The molecule has 0 aliphatic heterocycles. The lowest BCUT2D eigenvalue weighted by atomic mass is 9.97. The lowest BCUT2D eigenvalue weighted by Crippen LogP contribution is -2.53. The second-order valence-electron chi connectivity index (χ2n) is 6.14. The Hall–Kier alpha value is -2.72. The maximum absolute atomic E-state index is 12.0. The number of ether oxygens (including phenoxy) is 4. The van der Waals surface area contributed by atoms with E-state index in [1.54, 1.807) is 6.92 Å². The molecular formula is C19H29NO9. The fraction of sp³-hybridized carbons (Fsp3) is 0.579. The molecule has 0 saturated heterocycles. The first-order valence-electron chi connectivity index (χ1n) is 8.84. The maximum Gasteiger partial charge on any atom is 0.334 e. The van der Waals surface area contributed by atoms with Gasteiger partial charge in [-0.2, -0.15) is 0 Å². The van der Waals surface area contributed by atoms with E-state index < -0.39 is 36.0 Å². The van der Waals surface area contributed by atoms with E-state index >= 15 is 0 Å². The van der Waals surface area contributed by atoms with E-state index in [2.05, 4.69) is 27.9 Å². The van der Waals surface area contributed by atoms with Gasteiger partial charge in [-0.05, 0) is 6.54 Å². The lowest BCUT2D eigenvalue weighted by Gasteiger charge is -2.32. The van der Waals surface area contributed by atoms with Crippen LogP contribution in [0.3, 0.4) is 0 Å². The summed E-state index contributed by atoms with van der Waals surface area (Å²) in [5.41, 5.74) is -1.24. The first-order valence-corrected chi connectivity index (χ1v) is 8.84. The quantitative estimate of drug-likeness (QED) is 0.227. The van der Waals surface area contributed by atoms with E-state index in [1.807, 2.05) is 0 Å². The molecule has 0 spiro atoms. The highest BCUT2D eigenvalue weighted by Gasteiger charge is 2.31. The number of methoxy groups -OCH3 is 2. The summed E-state index contributed by atoms with van der Waals surface area (Å²) in [7, 11) is 2.37. The number of rotatable bonds is 14. The van der Waals surface area contributed by atoms with E-state index in [9.17, 15) is 24.3 Å². The Bertz CT molecular complexity index is 629. The SMILES string of the molecule is C=C(CC(=O)OC)C(=O)OCCC(CO)(COC(=O)C(=C)CC(=O)OC)NCC. The molecule has 2 N–H and O–H groups in total. The standard InChI is InChI=1S/C19H29NO9/c1-6-20-19(11-21,12-29-18(25)14(3)10-16(23)27-5)7-8-28-17(24)13(2)9-15(22)26-4/h20-21H,2-3,6-12H2,1,4-5H3. The third kappa shape index (κ3) is 9.86. The molecule has 0 radical (unpaired) electrons. The molecule has 0 amide bonds. The molecule has 0 saturated carbocycles. The summed E-state index contributed by atoms with van der Waals surface area (Å²) in [6.07, 6.45) is -0.512. The fourth-order valence-electron chi connectivity index (χ4n) is 2.15. The number of hydrogen-bond donors (Lipinski definition) is 2. The first kappa shape index (κ1) is 26.3. The summed E-state index contributed by atoms with van der Waals surface area (Å²) < 4.78 is 19.1. The molecule has 0 aliphatic rings. The average Bonchev–Trinajstić information content (AvgIpc) is 2.70. The molecule has 0 heterocycles. The summed E-state index contributed by atoms with van der Waals surface area (Å²) in [4.78, 5) is 46.2. The topological polar surface area (TPSA) is 137 Å².